The van der Waals surface area contributed by atoms with Crippen LogP contribution < -0.4 is 0 Å². The molecule has 2 heterocycles. The first-order valence-corrected chi connectivity index (χ1v) is 6.10. The zero-order valence-electron chi connectivity index (χ0n) is 11.0. The van der Waals surface area contributed by atoms with Crippen molar-refractivity contribution in [3.05, 3.63) is 24.0 Å². The average molecular weight is 249 g/mol. The summed E-state index contributed by atoms with van der Waals surface area (Å²) in [4.78, 5) is 20.1. The molecule has 2 rings (SSSR count). The normalized spacial score (nSPS) is 23.7. The van der Waals surface area contributed by atoms with Crippen molar-refractivity contribution < 1.29 is 9.90 Å². The van der Waals surface area contributed by atoms with Gasteiger partial charge in [-0.15, -0.1) is 0 Å². The Labute approximate surface area is 107 Å². The molecule has 18 heavy (non-hydrogen) atoms. The van der Waals surface area contributed by atoms with Crippen LogP contribution in [0.25, 0.3) is 0 Å². The molecule has 1 N–H and O–H groups in total. The van der Waals surface area contributed by atoms with Crippen LogP contribution in [0.1, 0.15) is 17.4 Å². The first-order valence-electron chi connectivity index (χ1n) is 6.10. The molecular formula is C13H19N3O2. The molecule has 5 heteroatoms. The number of likely N-dealkylation sites (tertiary alicyclic amines) is 1. The van der Waals surface area contributed by atoms with E-state index in [4.69, 9.17) is 0 Å². The number of amides is 1. The van der Waals surface area contributed by atoms with Gasteiger partial charge >= 0.3 is 0 Å². The molecule has 1 amide bonds. The van der Waals surface area contributed by atoms with Gasteiger partial charge in [-0.1, -0.05) is 6.92 Å². The molecule has 1 aliphatic rings. The molecule has 1 aromatic rings. The molecule has 98 valence electrons. The molecule has 1 saturated heterocycles. The Morgan fingerprint density at radius 1 is 1.50 bits per heavy atom. The van der Waals surface area contributed by atoms with E-state index in [1.54, 1.807) is 11.0 Å². The van der Waals surface area contributed by atoms with E-state index in [2.05, 4.69) is 16.8 Å². The molecule has 1 aliphatic heterocycles. The number of aromatic hydroxyl groups is 1. The van der Waals surface area contributed by atoms with Crippen LogP contribution in [0, 0.1) is 5.92 Å². The van der Waals surface area contributed by atoms with Crippen molar-refractivity contribution in [3.8, 4) is 5.75 Å². The molecule has 0 bridgehead atoms. The minimum atomic E-state index is -0.190. The van der Waals surface area contributed by atoms with E-state index in [1.165, 1.54) is 12.3 Å². The van der Waals surface area contributed by atoms with Gasteiger partial charge in [0.25, 0.3) is 5.91 Å². The van der Waals surface area contributed by atoms with Gasteiger partial charge in [0.05, 0.1) is 0 Å². The van der Waals surface area contributed by atoms with Crippen molar-refractivity contribution in [2.75, 3.05) is 27.2 Å². The highest BCUT2D eigenvalue weighted by atomic mass is 16.3. The second-order valence-electron chi connectivity index (χ2n) is 5.09. The summed E-state index contributed by atoms with van der Waals surface area (Å²) in [6, 6.07) is 3.46. The van der Waals surface area contributed by atoms with Gasteiger partial charge in [-0.25, -0.2) is 4.98 Å². The van der Waals surface area contributed by atoms with Gasteiger partial charge in [0, 0.05) is 25.3 Å². The average Bonchev–Trinajstić information content (AvgIpc) is 2.71. The van der Waals surface area contributed by atoms with Gasteiger partial charge < -0.3 is 14.9 Å². The Kier molecular flexibility index (Phi) is 3.52. The van der Waals surface area contributed by atoms with Crippen LogP contribution in [-0.4, -0.2) is 59.0 Å². The maximum atomic E-state index is 12.3. The predicted molar refractivity (Wildman–Crippen MR) is 68.4 cm³/mol. The molecule has 2 unspecified atom stereocenters. The van der Waals surface area contributed by atoms with Crippen molar-refractivity contribution in [2.24, 2.45) is 5.92 Å². The summed E-state index contributed by atoms with van der Waals surface area (Å²) in [6.45, 7) is 3.52. The van der Waals surface area contributed by atoms with Crippen molar-refractivity contribution >= 4 is 5.91 Å². The van der Waals surface area contributed by atoms with Crippen LogP contribution >= 0.6 is 0 Å². The third kappa shape index (κ3) is 2.31. The lowest BCUT2D eigenvalue weighted by molar-refractivity contribution is 0.0772. The largest absolute Gasteiger partial charge is 0.505 e. The number of rotatable bonds is 2. The lowest BCUT2D eigenvalue weighted by atomic mass is 10.1. The number of nitrogens with zero attached hydrogens (tertiary/aromatic N) is 3. The standard InChI is InChI=1S/C13H19N3O2/c1-9-7-16(8-10(9)15(2)3)13(18)12-11(17)5-4-6-14-12/h4-6,9-10,17H,7-8H2,1-3H3. The summed E-state index contributed by atoms with van der Waals surface area (Å²) in [5, 5.41) is 9.66. The van der Waals surface area contributed by atoms with E-state index >= 15 is 0 Å². The van der Waals surface area contributed by atoms with Crippen molar-refractivity contribution in [2.45, 2.75) is 13.0 Å². The van der Waals surface area contributed by atoms with Gasteiger partial charge in [-0.05, 0) is 32.1 Å². The van der Waals surface area contributed by atoms with Gasteiger partial charge in [-0.2, -0.15) is 0 Å². The van der Waals surface area contributed by atoms with Gasteiger partial charge in [-0.3, -0.25) is 4.79 Å². The fourth-order valence-corrected chi connectivity index (χ4v) is 2.50. The predicted octanol–water partition coefficient (Wildman–Crippen LogP) is 0.809. The quantitative estimate of drug-likeness (QED) is 0.842. The Balaban J connectivity index is 2.15. The highest BCUT2D eigenvalue weighted by Crippen LogP contribution is 2.23. The molecule has 1 aromatic heterocycles. The number of carbonyl (C=O) groups is 1. The fraction of sp³-hybridized carbons (Fsp3) is 0.538. The van der Waals surface area contributed by atoms with Crippen LogP contribution in [0.4, 0.5) is 0 Å². The first-order chi connectivity index (χ1) is 8.50. The van der Waals surface area contributed by atoms with Crippen molar-refractivity contribution in [1.29, 1.82) is 0 Å². The van der Waals surface area contributed by atoms with E-state index in [-0.39, 0.29) is 17.4 Å². The van der Waals surface area contributed by atoms with Crippen LogP contribution in [0.15, 0.2) is 18.3 Å². The SMILES string of the molecule is CC1CN(C(=O)c2ncccc2O)CC1N(C)C. The molecule has 1 fully saturated rings. The Bertz CT molecular complexity index is 448. The van der Waals surface area contributed by atoms with E-state index in [1.807, 2.05) is 14.1 Å². The van der Waals surface area contributed by atoms with Gasteiger partial charge in [0.15, 0.2) is 5.69 Å². The maximum Gasteiger partial charge on any atom is 0.276 e. The summed E-state index contributed by atoms with van der Waals surface area (Å²) in [5.41, 5.74) is 0.143. The van der Waals surface area contributed by atoms with Crippen LogP contribution in [-0.2, 0) is 0 Å². The lowest BCUT2D eigenvalue weighted by Crippen LogP contribution is -2.36. The lowest BCUT2D eigenvalue weighted by Gasteiger charge is -2.22. The van der Waals surface area contributed by atoms with Crippen LogP contribution in [0.3, 0.4) is 0 Å². The highest BCUT2D eigenvalue weighted by Gasteiger charge is 2.35. The summed E-state index contributed by atoms with van der Waals surface area (Å²) in [5.74, 6) is 0.183. The minimum absolute atomic E-state index is 0.0524. The number of carbonyl (C=O) groups excluding carboxylic acids is 1. The van der Waals surface area contributed by atoms with Crippen LogP contribution in [0.5, 0.6) is 5.75 Å². The number of hydrogen-bond acceptors (Lipinski definition) is 4. The molecule has 0 spiro atoms. The molecule has 0 radical (unpaired) electrons. The van der Waals surface area contributed by atoms with Crippen molar-refractivity contribution in [3.63, 3.8) is 0 Å². The molecular weight excluding hydrogens is 230 g/mol. The molecule has 0 saturated carbocycles. The molecule has 0 aliphatic carbocycles. The first kappa shape index (κ1) is 12.8. The summed E-state index contributed by atoms with van der Waals surface area (Å²) in [6.07, 6.45) is 1.52. The number of pyridine rings is 1. The Morgan fingerprint density at radius 2 is 2.22 bits per heavy atom. The topological polar surface area (TPSA) is 56.7 Å². The summed E-state index contributed by atoms with van der Waals surface area (Å²) in [7, 11) is 4.04. The molecule has 5 nitrogen and oxygen atoms in total. The van der Waals surface area contributed by atoms with Crippen molar-refractivity contribution in [1.82, 2.24) is 14.8 Å². The third-order valence-electron chi connectivity index (χ3n) is 3.51. The third-order valence-corrected chi connectivity index (χ3v) is 3.51. The number of aromatic nitrogens is 1. The van der Waals surface area contributed by atoms with E-state index < -0.39 is 0 Å². The second kappa shape index (κ2) is 4.94. The number of hydrogen-bond donors (Lipinski definition) is 1. The summed E-state index contributed by atoms with van der Waals surface area (Å²) >= 11 is 0. The Morgan fingerprint density at radius 3 is 2.78 bits per heavy atom. The molecule has 0 aromatic carbocycles. The van der Waals surface area contributed by atoms with Crippen LogP contribution in [0.2, 0.25) is 0 Å². The van der Waals surface area contributed by atoms with E-state index in [0.717, 1.165) is 0 Å². The zero-order chi connectivity index (χ0) is 13.3. The van der Waals surface area contributed by atoms with E-state index in [0.29, 0.717) is 25.0 Å². The monoisotopic (exact) mass is 249 g/mol. The van der Waals surface area contributed by atoms with Gasteiger partial charge in [0.2, 0.25) is 0 Å². The second-order valence-corrected chi connectivity index (χ2v) is 5.09. The fourth-order valence-electron chi connectivity index (χ4n) is 2.50. The highest BCUT2D eigenvalue weighted by molar-refractivity contribution is 5.95. The number of likely N-dealkylation sites (N-methyl/N-ethyl adjacent to an activating group) is 1. The zero-order valence-corrected chi connectivity index (χ0v) is 11.0. The minimum Gasteiger partial charge on any atom is -0.505 e. The van der Waals surface area contributed by atoms with Gasteiger partial charge in [0.1, 0.15) is 5.75 Å². The Hall–Kier alpha value is -1.62. The maximum absolute atomic E-state index is 12.3. The van der Waals surface area contributed by atoms with E-state index in [9.17, 15) is 9.90 Å². The summed E-state index contributed by atoms with van der Waals surface area (Å²) < 4.78 is 0. The molecule has 2 atom stereocenters. The smallest absolute Gasteiger partial charge is 0.276 e.